The van der Waals surface area contributed by atoms with Gasteiger partial charge in [0, 0.05) is 0 Å². The molecular formula is C14H26O3. The fourth-order valence-corrected chi connectivity index (χ4v) is 2.49. The molecule has 1 N–H and O–H groups in total. The van der Waals surface area contributed by atoms with Crippen LogP contribution >= 0.6 is 0 Å². The molecule has 0 aromatic carbocycles. The molecule has 17 heavy (non-hydrogen) atoms. The van der Waals surface area contributed by atoms with Crippen LogP contribution < -0.4 is 0 Å². The molecule has 0 aromatic rings. The Balaban J connectivity index is 2.70. The molecule has 3 nitrogen and oxygen atoms in total. The lowest BCUT2D eigenvalue weighted by atomic mass is 9.78. The number of ether oxygens (including phenoxy) is 1. The molecule has 3 unspecified atom stereocenters. The van der Waals surface area contributed by atoms with E-state index in [9.17, 15) is 9.90 Å². The Morgan fingerprint density at radius 1 is 1.35 bits per heavy atom. The van der Waals surface area contributed by atoms with Gasteiger partial charge in [0.15, 0.2) is 0 Å². The second kappa shape index (κ2) is 5.85. The van der Waals surface area contributed by atoms with Gasteiger partial charge in [-0.15, -0.1) is 0 Å². The summed E-state index contributed by atoms with van der Waals surface area (Å²) in [5.41, 5.74) is -0.214. The molecule has 0 spiro atoms. The van der Waals surface area contributed by atoms with Crippen molar-refractivity contribution in [3.05, 3.63) is 0 Å². The molecule has 0 bridgehead atoms. The lowest BCUT2D eigenvalue weighted by Crippen LogP contribution is -2.41. The van der Waals surface area contributed by atoms with E-state index in [1.54, 1.807) is 0 Å². The lowest BCUT2D eigenvalue weighted by molar-refractivity contribution is -0.161. The normalized spacial score (nSPS) is 30.2. The predicted molar refractivity (Wildman–Crippen MR) is 68.0 cm³/mol. The Morgan fingerprint density at radius 3 is 2.47 bits per heavy atom. The summed E-state index contributed by atoms with van der Waals surface area (Å²) < 4.78 is 6.05. The van der Waals surface area contributed by atoms with E-state index in [0.29, 0.717) is 5.92 Å². The maximum atomic E-state index is 11.3. The van der Waals surface area contributed by atoms with Crippen LogP contribution in [0.2, 0.25) is 0 Å². The third-order valence-corrected chi connectivity index (χ3v) is 4.12. The topological polar surface area (TPSA) is 46.5 Å². The van der Waals surface area contributed by atoms with Gasteiger partial charge in [-0.3, -0.25) is 4.79 Å². The Labute approximate surface area is 105 Å². The van der Waals surface area contributed by atoms with E-state index < -0.39 is 5.97 Å². The molecule has 1 aliphatic carbocycles. The SMILES string of the molecule is CCC1CCC(C(=O)O)C(OC(C)(C)CC)C1. The Morgan fingerprint density at radius 2 is 2.00 bits per heavy atom. The molecule has 0 aliphatic heterocycles. The van der Waals surface area contributed by atoms with Crippen molar-refractivity contribution < 1.29 is 14.6 Å². The fraction of sp³-hybridized carbons (Fsp3) is 0.929. The summed E-state index contributed by atoms with van der Waals surface area (Å²) in [7, 11) is 0. The number of hydrogen-bond acceptors (Lipinski definition) is 2. The van der Waals surface area contributed by atoms with E-state index >= 15 is 0 Å². The molecule has 1 saturated carbocycles. The van der Waals surface area contributed by atoms with Crippen molar-refractivity contribution in [1.82, 2.24) is 0 Å². The van der Waals surface area contributed by atoms with Crippen LogP contribution in [0.3, 0.4) is 0 Å². The summed E-state index contributed by atoms with van der Waals surface area (Å²) in [4.78, 5) is 11.3. The molecule has 100 valence electrons. The van der Waals surface area contributed by atoms with Crippen LogP contribution in [0.4, 0.5) is 0 Å². The number of rotatable bonds is 5. The van der Waals surface area contributed by atoms with Crippen LogP contribution in [0.25, 0.3) is 0 Å². The smallest absolute Gasteiger partial charge is 0.309 e. The average Bonchev–Trinajstić information content (AvgIpc) is 2.28. The summed E-state index contributed by atoms with van der Waals surface area (Å²) in [5, 5.41) is 9.26. The average molecular weight is 242 g/mol. The Bertz CT molecular complexity index is 260. The minimum Gasteiger partial charge on any atom is -0.481 e. The highest BCUT2D eigenvalue weighted by atomic mass is 16.5. The zero-order valence-electron chi connectivity index (χ0n) is 11.5. The van der Waals surface area contributed by atoms with E-state index in [1.807, 2.05) is 13.8 Å². The van der Waals surface area contributed by atoms with Crippen molar-refractivity contribution >= 4 is 5.97 Å². The summed E-state index contributed by atoms with van der Waals surface area (Å²) >= 11 is 0. The number of hydrogen-bond donors (Lipinski definition) is 1. The largest absolute Gasteiger partial charge is 0.481 e. The number of carboxylic acids is 1. The van der Waals surface area contributed by atoms with E-state index in [0.717, 1.165) is 32.1 Å². The van der Waals surface area contributed by atoms with Crippen LogP contribution in [0.1, 0.15) is 59.8 Å². The maximum absolute atomic E-state index is 11.3. The van der Waals surface area contributed by atoms with Crippen molar-refractivity contribution in [2.75, 3.05) is 0 Å². The molecule has 0 heterocycles. The van der Waals surface area contributed by atoms with Gasteiger partial charge in [0.05, 0.1) is 17.6 Å². The van der Waals surface area contributed by atoms with Crippen molar-refractivity contribution in [2.24, 2.45) is 11.8 Å². The fourth-order valence-electron chi connectivity index (χ4n) is 2.49. The standard InChI is InChI=1S/C14H26O3/c1-5-10-7-8-11(13(15)16)12(9-10)17-14(3,4)6-2/h10-12H,5-9H2,1-4H3,(H,15,16). The first-order valence-corrected chi connectivity index (χ1v) is 6.80. The molecule has 0 radical (unpaired) electrons. The second-order valence-corrected chi connectivity index (χ2v) is 5.80. The highest BCUT2D eigenvalue weighted by molar-refractivity contribution is 5.70. The monoisotopic (exact) mass is 242 g/mol. The second-order valence-electron chi connectivity index (χ2n) is 5.80. The molecule has 1 fully saturated rings. The van der Waals surface area contributed by atoms with Gasteiger partial charge in [0.1, 0.15) is 0 Å². The Hall–Kier alpha value is -0.570. The molecule has 3 heteroatoms. The van der Waals surface area contributed by atoms with Gasteiger partial charge in [-0.2, -0.15) is 0 Å². The van der Waals surface area contributed by atoms with Crippen LogP contribution in [-0.4, -0.2) is 22.8 Å². The summed E-state index contributed by atoms with van der Waals surface area (Å²) in [6.45, 7) is 8.34. The summed E-state index contributed by atoms with van der Waals surface area (Å²) in [5.74, 6) is -0.386. The van der Waals surface area contributed by atoms with Crippen molar-refractivity contribution in [3.63, 3.8) is 0 Å². The quantitative estimate of drug-likeness (QED) is 0.803. The minimum atomic E-state index is -0.698. The highest BCUT2D eigenvalue weighted by Crippen LogP contribution is 2.35. The number of aliphatic carboxylic acids is 1. The summed E-state index contributed by atoms with van der Waals surface area (Å²) in [6.07, 6.45) is 4.61. The third-order valence-electron chi connectivity index (χ3n) is 4.12. The first kappa shape index (κ1) is 14.5. The number of carboxylic acid groups (broad SMARTS) is 1. The van der Waals surface area contributed by atoms with Crippen LogP contribution in [0.15, 0.2) is 0 Å². The van der Waals surface area contributed by atoms with Gasteiger partial charge < -0.3 is 9.84 Å². The zero-order chi connectivity index (χ0) is 13.1. The first-order valence-electron chi connectivity index (χ1n) is 6.80. The lowest BCUT2D eigenvalue weighted by Gasteiger charge is -2.38. The van der Waals surface area contributed by atoms with Crippen molar-refractivity contribution in [1.29, 1.82) is 0 Å². The molecule has 3 atom stereocenters. The molecular weight excluding hydrogens is 216 g/mol. The highest BCUT2D eigenvalue weighted by Gasteiger charge is 2.37. The Kier molecular flexibility index (Phi) is 4.99. The predicted octanol–water partition coefficient (Wildman–Crippen LogP) is 3.47. The maximum Gasteiger partial charge on any atom is 0.309 e. The van der Waals surface area contributed by atoms with E-state index in [-0.39, 0.29) is 17.6 Å². The molecule has 0 aromatic heterocycles. The van der Waals surface area contributed by atoms with Gasteiger partial charge in [0.25, 0.3) is 0 Å². The van der Waals surface area contributed by atoms with E-state index in [4.69, 9.17) is 4.74 Å². The van der Waals surface area contributed by atoms with Crippen molar-refractivity contribution in [3.8, 4) is 0 Å². The summed E-state index contributed by atoms with van der Waals surface area (Å²) in [6, 6.07) is 0. The van der Waals surface area contributed by atoms with Crippen LogP contribution in [0.5, 0.6) is 0 Å². The number of carbonyl (C=O) groups is 1. The molecule has 0 saturated heterocycles. The molecule has 0 amide bonds. The van der Waals surface area contributed by atoms with E-state index in [2.05, 4.69) is 13.8 Å². The zero-order valence-corrected chi connectivity index (χ0v) is 11.5. The van der Waals surface area contributed by atoms with Crippen LogP contribution in [0, 0.1) is 11.8 Å². The van der Waals surface area contributed by atoms with Gasteiger partial charge in [-0.25, -0.2) is 0 Å². The van der Waals surface area contributed by atoms with Gasteiger partial charge in [-0.1, -0.05) is 20.3 Å². The van der Waals surface area contributed by atoms with Gasteiger partial charge in [0.2, 0.25) is 0 Å². The minimum absolute atomic E-state index is 0.110. The van der Waals surface area contributed by atoms with E-state index in [1.165, 1.54) is 0 Å². The third kappa shape index (κ3) is 3.98. The molecule has 1 aliphatic rings. The van der Waals surface area contributed by atoms with Crippen LogP contribution in [-0.2, 0) is 9.53 Å². The van der Waals surface area contributed by atoms with Crippen molar-refractivity contribution in [2.45, 2.75) is 71.5 Å². The molecule has 1 rings (SSSR count). The van der Waals surface area contributed by atoms with Gasteiger partial charge in [-0.05, 0) is 45.4 Å². The van der Waals surface area contributed by atoms with Gasteiger partial charge >= 0.3 is 5.97 Å². The first-order chi connectivity index (χ1) is 7.89.